The van der Waals surface area contributed by atoms with Crippen LogP contribution in [0.15, 0.2) is 48.5 Å². The van der Waals surface area contributed by atoms with Crippen molar-refractivity contribution in [2.45, 2.75) is 6.92 Å². The summed E-state index contributed by atoms with van der Waals surface area (Å²) < 4.78 is 0. The molecular formula is C25H26ClN7O5. The number of nitrogens with zero attached hydrogens (tertiary/aromatic N) is 5. The fraction of sp³-hybridized carbons (Fsp3) is 0.280. The van der Waals surface area contributed by atoms with E-state index >= 15 is 0 Å². The fourth-order valence-electron chi connectivity index (χ4n) is 4.00. The molecule has 1 aliphatic rings. The first kappa shape index (κ1) is 26.6. The lowest BCUT2D eigenvalue weighted by Gasteiger charge is -2.35. The Bertz CT molecular complexity index is 1340. The number of para-hydroxylation sites is 1. The molecule has 12 nitrogen and oxygen atoms in total. The van der Waals surface area contributed by atoms with Crippen LogP contribution in [0.4, 0.5) is 17.3 Å². The Hall–Kier alpha value is -4.45. The number of amides is 2. The van der Waals surface area contributed by atoms with Gasteiger partial charge in [-0.1, -0.05) is 17.7 Å². The molecule has 1 aromatic heterocycles. The van der Waals surface area contributed by atoms with Gasteiger partial charge in [0.05, 0.1) is 10.5 Å². The zero-order valence-electron chi connectivity index (χ0n) is 20.6. The number of carbonyl (C=O) groups is 2. The Balaban J connectivity index is 1.51. The van der Waals surface area contributed by atoms with E-state index < -0.39 is 22.3 Å². The molecule has 3 aromatic rings. The van der Waals surface area contributed by atoms with Gasteiger partial charge in [0, 0.05) is 68.9 Å². The lowest BCUT2D eigenvalue weighted by molar-refractivity contribution is -0.385. The maximum atomic E-state index is 13.0. The van der Waals surface area contributed by atoms with Crippen LogP contribution in [0.25, 0.3) is 11.4 Å². The van der Waals surface area contributed by atoms with E-state index in [-0.39, 0.29) is 11.5 Å². The number of aromatic nitrogens is 2. The standard InChI is InChI=1S/C25H26ClN7O5/c1-16(34)27-9-10-28-21-15-22(30-24(29-21)17-5-7-18(26)8-6-17)31-11-13-32(14-12-31)25(36)19-3-2-4-20(23(19)35)33(37)38/h2-8,15,35H,9-14H2,1H3,(H,27,34)(H,28,29,30). The maximum absolute atomic E-state index is 13.0. The summed E-state index contributed by atoms with van der Waals surface area (Å²) in [6.07, 6.45) is 0. The van der Waals surface area contributed by atoms with E-state index in [1.165, 1.54) is 19.1 Å². The normalized spacial score (nSPS) is 13.2. The van der Waals surface area contributed by atoms with Crippen molar-refractivity contribution in [3.05, 3.63) is 69.2 Å². The van der Waals surface area contributed by atoms with Gasteiger partial charge in [0.25, 0.3) is 5.91 Å². The highest BCUT2D eigenvalue weighted by atomic mass is 35.5. The monoisotopic (exact) mass is 539 g/mol. The second kappa shape index (κ2) is 11.7. The number of piperazine rings is 1. The van der Waals surface area contributed by atoms with E-state index in [0.717, 1.165) is 11.6 Å². The van der Waals surface area contributed by atoms with Crippen molar-refractivity contribution >= 4 is 40.7 Å². The van der Waals surface area contributed by atoms with E-state index in [0.29, 0.717) is 61.8 Å². The third-order valence-electron chi connectivity index (χ3n) is 5.95. The van der Waals surface area contributed by atoms with Gasteiger partial charge >= 0.3 is 5.69 Å². The number of anilines is 2. The van der Waals surface area contributed by atoms with Crippen LogP contribution in [-0.4, -0.2) is 76.0 Å². The summed E-state index contributed by atoms with van der Waals surface area (Å²) in [5.74, 6) is 0.478. The number of phenols is 1. The average Bonchev–Trinajstić information content (AvgIpc) is 2.91. The Labute approximate surface area is 223 Å². The van der Waals surface area contributed by atoms with Gasteiger partial charge in [0.1, 0.15) is 11.6 Å². The Morgan fingerprint density at radius 1 is 1.08 bits per heavy atom. The third kappa shape index (κ3) is 6.27. The van der Waals surface area contributed by atoms with E-state index in [2.05, 4.69) is 15.6 Å². The topological polar surface area (TPSA) is 154 Å². The average molecular weight is 540 g/mol. The second-order valence-corrected chi connectivity index (χ2v) is 9.00. The molecule has 3 N–H and O–H groups in total. The zero-order valence-corrected chi connectivity index (χ0v) is 21.3. The minimum Gasteiger partial charge on any atom is -0.502 e. The molecule has 0 unspecified atom stereocenters. The van der Waals surface area contributed by atoms with Gasteiger partial charge in [0.2, 0.25) is 11.7 Å². The van der Waals surface area contributed by atoms with Crippen molar-refractivity contribution in [2.75, 3.05) is 49.5 Å². The number of aromatic hydroxyl groups is 1. The van der Waals surface area contributed by atoms with Crippen molar-refractivity contribution in [3.8, 4) is 17.1 Å². The Morgan fingerprint density at radius 3 is 2.45 bits per heavy atom. The highest BCUT2D eigenvalue weighted by Crippen LogP contribution is 2.31. The number of rotatable bonds is 8. The van der Waals surface area contributed by atoms with E-state index in [1.54, 1.807) is 23.1 Å². The highest BCUT2D eigenvalue weighted by molar-refractivity contribution is 6.30. The Kier molecular flexibility index (Phi) is 8.22. The van der Waals surface area contributed by atoms with Crippen LogP contribution < -0.4 is 15.5 Å². The van der Waals surface area contributed by atoms with Gasteiger partial charge in [-0.3, -0.25) is 19.7 Å². The molecular weight excluding hydrogens is 514 g/mol. The third-order valence-corrected chi connectivity index (χ3v) is 6.20. The van der Waals surface area contributed by atoms with Crippen LogP contribution in [0.5, 0.6) is 5.75 Å². The van der Waals surface area contributed by atoms with E-state index in [4.69, 9.17) is 16.6 Å². The number of halogens is 1. The van der Waals surface area contributed by atoms with Crippen molar-refractivity contribution in [1.82, 2.24) is 20.2 Å². The van der Waals surface area contributed by atoms with Crippen molar-refractivity contribution in [2.24, 2.45) is 0 Å². The van der Waals surface area contributed by atoms with Gasteiger partial charge in [-0.05, 0) is 30.3 Å². The first-order chi connectivity index (χ1) is 18.2. The van der Waals surface area contributed by atoms with E-state index in [9.17, 15) is 24.8 Å². The maximum Gasteiger partial charge on any atom is 0.311 e. The lowest BCUT2D eigenvalue weighted by atomic mass is 10.1. The first-order valence-corrected chi connectivity index (χ1v) is 12.2. The van der Waals surface area contributed by atoms with E-state index in [1.807, 2.05) is 17.0 Å². The highest BCUT2D eigenvalue weighted by Gasteiger charge is 2.28. The number of benzene rings is 2. The molecule has 1 fully saturated rings. The first-order valence-electron chi connectivity index (χ1n) is 11.9. The fourth-order valence-corrected chi connectivity index (χ4v) is 4.13. The summed E-state index contributed by atoms with van der Waals surface area (Å²) in [6, 6.07) is 12.9. The van der Waals surface area contributed by atoms with Crippen LogP contribution in [0, 0.1) is 10.1 Å². The minimum absolute atomic E-state index is 0.106. The summed E-state index contributed by atoms with van der Waals surface area (Å²) >= 11 is 6.03. The predicted molar refractivity (Wildman–Crippen MR) is 143 cm³/mol. The van der Waals surface area contributed by atoms with Gasteiger partial charge in [-0.25, -0.2) is 9.97 Å². The molecule has 1 saturated heterocycles. The molecule has 0 radical (unpaired) electrons. The summed E-state index contributed by atoms with van der Waals surface area (Å²) in [4.78, 5) is 47.5. The van der Waals surface area contributed by atoms with Gasteiger partial charge < -0.3 is 25.5 Å². The van der Waals surface area contributed by atoms with Crippen molar-refractivity contribution < 1.29 is 19.6 Å². The molecule has 2 heterocycles. The predicted octanol–water partition coefficient (Wildman–Crippen LogP) is 2.92. The van der Waals surface area contributed by atoms with Crippen molar-refractivity contribution in [1.29, 1.82) is 0 Å². The van der Waals surface area contributed by atoms with Crippen LogP contribution in [0.3, 0.4) is 0 Å². The van der Waals surface area contributed by atoms with Crippen LogP contribution in [-0.2, 0) is 4.79 Å². The molecule has 1 aliphatic heterocycles. The SMILES string of the molecule is CC(=O)NCCNc1cc(N2CCN(C(=O)c3cccc([N+](=O)[O-])c3O)CC2)nc(-c2ccc(Cl)cc2)n1. The summed E-state index contributed by atoms with van der Waals surface area (Å²) in [5, 5.41) is 27.9. The Morgan fingerprint density at radius 2 is 1.79 bits per heavy atom. The molecule has 0 bridgehead atoms. The largest absolute Gasteiger partial charge is 0.502 e. The van der Waals surface area contributed by atoms with Crippen LogP contribution in [0.2, 0.25) is 5.02 Å². The summed E-state index contributed by atoms with van der Waals surface area (Å²) in [7, 11) is 0. The second-order valence-electron chi connectivity index (χ2n) is 8.56. The number of phenolic OH excluding ortho intramolecular Hbond substituents is 1. The van der Waals surface area contributed by atoms with Crippen LogP contribution in [0.1, 0.15) is 17.3 Å². The van der Waals surface area contributed by atoms with Gasteiger partial charge in [-0.2, -0.15) is 0 Å². The molecule has 0 aliphatic carbocycles. The number of nitro groups is 1. The number of hydrogen-bond donors (Lipinski definition) is 3. The molecule has 4 rings (SSSR count). The molecule has 38 heavy (non-hydrogen) atoms. The molecule has 2 amide bonds. The van der Waals surface area contributed by atoms with Gasteiger partial charge in [-0.15, -0.1) is 0 Å². The quantitative estimate of drug-likeness (QED) is 0.222. The smallest absolute Gasteiger partial charge is 0.311 e. The van der Waals surface area contributed by atoms with Crippen LogP contribution >= 0.6 is 11.6 Å². The zero-order chi connectivity index (χ0) is 27.2. The minimum atomic E-state index is -0.723. The number of nitrogens with one attached hydrogen (secondary N) is 2. The van der Waals surface area contributed by atoms with Gasteiger partial charge in [0.15, 0.2) is 5.82 Å². The molecule has 0 saturated carbocycles. The molecule has 0 atom stereocenters. The summed E-state index contributed by atoms with van der Waals surface area (Å²) in [5.41, 5.74) is 0.158. The molecule has 198 valence electrons. The molecule has 2 aromatic carbocycles. The number of hydrogen-bond acceptors (Lipinski definition) is 9. The van der Waals surface area contributed by atoms with Crippen molar-refractivity contribution in [3.63, 3.8) is 0 Å². The lowest BCUT2D eigenvalue weighted by Crippen LogP contribution is -2.49. The number of carbonyl (C=O) groups excluding carboxylic acids is 2. The summed E-state index contributed by atoms with van der Waals surface area (Å²) in [6.45, 7) is 3.89. The molecule has 13 heteroatoms. The molecule has 0 spiro atoms. The number of nitro benzene ring substituents is 1.